The van der Waals surface area contributed by atoms with Crippen LogP contribution in [-0.2, 0) is 0 Å². The number of fused-ring (bicyclic) bond motifs is 2. The highest BCUT2D eigenvalue weighted by Gasteiger charge is 2.42. The summed E-state index contributed by atoms with van der Waals surface area (Å²) in [5.41, 5.74) is -4.21. The monoisotopic (exact) mass is 330 g/mol. The lowest BCUT2D eigenvalue weighted by Crippen LogP contribution is -2.23. The lowest BCUT2D eigenvalue weighted by Gasteiger charge is -2.18. The maximum atomic E-state index is 12.6. The zero-order valence-electron chi connectivity index (χ0n) is 11.5. The number of hydrogen-bond acceptors (Lipinski definition) is 8. The van der Waals surface area contributed by atoms with E-state index in [1.165, 1.54) is 0 Å². The van der Waals surface area contributed by atoms with Crippen LogP contribution in [0.25, 0.3) is 0 Å². The number of carbonyl (C=O) groups is 2. The van der Waals surface area contributed by atoms with Crippen LogP contribution in [0.2, 0.25) is 0 Å². The van der Waals surface area contributed by atoms with Crippen molar-refractivity contribution >= 4 is 22.9 Å². The van der Waals surface area contributed by atoms with Gasteiger partial charge in [-0.2, -0.15) is 0 Å². The summed E-state index contributed by atoms with van der Waals surface area (Å²) in [6, 6.07) is 3.53. The lowest BCUT2D eigenvalue weighted by atomic mass is 9.81. The van der Waals surface area contributed by atoms with Crippen LogP contribution in [0.1, 0.15) is 31.8 Å². The fourth-order valence-corrected chi connectivity index (χ4v) is 2.64. The van der Waals surface area contributed by atoms with Crippen molar-refractivity contribution in [2.75, 3.05) is 0 Å². The van der Waals surface area contributed by atoms with E-state index in [1.807, 2.05) is 0 Å². The lowest BCUT2D eigenvalue weighted by molar-refractivity contribution is -0.386. The van der Waals surface area contributed by atoms with Gasteiger partial charge in [0.15, 0.2) is 5.75 Å². The third kappa shape index (κ3) is 1.83. The largest absolute Gasteiger partial charge is 0.507 e. The Kier molecular flexibility index (Phi) is 3.04. The molecule has 10 nitrogen and oxygen atoms in total. The van der Waals surface area contributed by atoms with Crippen molar-refractivity contribution in [1.82, 2.24) is 0 Å². The van der Waals surface area contributed by atoms with Crippen molar-refractivity contribution in [3.05, 3.63) is 66.7 Å². The van der Waals surface area contributed by atoms with Crippen LogP contribution >= 0.6 is 0 Å². The highest BCUT2D eigenvalue weighted by Crippen LogP contribution is 2.43. The molecule has 0 aliphatic heterocycles. The summed E-state index contributed by atoms with van der Waals surface area (Å²) in [5.74, 6) is -3.74. The first-order valence-electron chi connectivity index (χ1n) is 6.35. The molecule has 2 aromatic carbocycles. The maximum absolute atomic E-state index is 12.6. The number of aromatic hydroxyl groups is 2. The van der Waals surface area contributed by atoms with E-state index in [4.69, 9.17) is 0 Å². The Hall–Kier alpha value is -3.82. The average Bonchev–Trinajstić information content (AvgIpc) is 2.51. The molecule has 120 valence electrons. The van der Waals surface area contributed by atoms with E-state index in [0.29, 0.717) is 0 Å². The normalized spacial score (nSPS) is 12.5. The Morgan fingerprint density at radius 2 is 1.38 bits per heavy atom. The van der Waals surface area contributed by atoms with Gasteiger partial charge in [0, 0.05) is 11.6 Å². The molecule has 24 heavy (non-hydrogen) atoms. The Morgan fingerprint density at radius 3 is 1.96 bits per heavy atom. The Labute approximate surface area is 131 Å². The molecule has 1 aliphatic rings. The van der Waals surface area contributed by atoms with Crippen molar-refractivity contribution in [1.29, 1.82) is 0 Å². The zero-order valence-corrected chi connectivity index (χ0v) is 11.5. The summed E-state index contributed by atoms with van der Waals surface area (Å²) in [7, 11) is 0. The molecule has 10 heteroatoms. The predicted molar refractivity (Wildman–Crippen MR) is 76.4 cm³/mol. The van der Waals surface area contributed by atoms with Gasteiger partial charge in [0.05, 0.1) is 15.4 Å². The molecule has 0 saturated carbocycles. The van der Waals surface area contributed by atoms with E-state index in [0.717, 1.165) is 24.3 Å². The van der Waals surface area contributed by atoms with E-state index >= 15 is 0 Å². The van der Waals surface area contributed by atoms with Gasteiger partial charge in [-0.1, -0.05) is 0 Å². The Bertz CT molecular complexity index is 979. The molecule has 0 radical (unpaired) electrons. The van der Waals surface area contributed by atoms with Gasteiger partial charge in [-0.3, -0.25) is 29.8 Å². The minimum absolute atomic E-state index is 0.453. The molecule has 1 aliphatic carbocycles. The van der Waals surface area contributed by atoms with Crippen LogP contribution in [0.4, 0.5) is 11.4 Å². The van der Waals surface area contributed by atoms with Gasteiger partial charge in [-0.15, -0.1) is 0 Å². The topological polar surface area (TPSA) is 161 Å². The van der Waals surface area contributed by atoms with Crippen molar-refractivity contribution < 1.29 is 29.6 Å². The van der Waals surface area contributed by atoms with E-state index in [1.54, 1.807) is 0 Å². The summed E-state index contributed by atoms with van der Waals surface area (Å²) in [5, 5.41) is 41.7. The number of rotatable bonds is 2. The Morgan fingerprint density at radius 1 is 0.750 bits per heavy atom. The molecule has 0 heterocycles. The summed E-state index contributed by atoms with van der Waals surface area (Å²) >= 11 is 0. The molecular weight excluding hydrogens is 324 g/mol. The summed E-state index contributed by atoms with van der Waals surface area (Å²) in [6.45, 7) is 0. The summed E-state index contributed by atoms with van der Waals surface area (Å²) in [4.78, 5) is 45.4. The highest BCUT2D eigenvalue weighted by atomic mass is 16.6. The van der Waals surface area contributed by atoms with Crippen LogP contribution in [0.15, 0.2) is 24.3 Å². The number of nitro benzene ring substituents is 2. The number of benzene rings is 2. The van der Waals surface area contributed by atoms with Crippen LogP contribution in [-0.4, -0.2) is 31.6 Å². The average molecular weight is 330 g/mol. The predicted octanol–water partition coefficient (Wildman–Crippen LogP) is 1.69. The smallest absolute Gasteiger partial charge is 0.322 e. The third-order valence-corrected chi connectivity index (χ3v) is 3.62. The number of ketones is 2. The second-order valence-electron chi connectivity index (χ2n) is 4.88. The molecule has 0 bridgehead atoms. The summed E-state index contributed by atoms with van der Waals surface area (Å²) < 4.78 is 0. The summed E-state index contributed by atoms with van der Waals surface area (Å²) in [6.07, 6.45) is 0. The molecule has 0 spiro atoms. The minimum Gasteiger partial charge on any atom is -0.507 e. The first-order chi connectivity index (χ1) is 11.3. The maximum Gasteiger partial charge on any atom is 0.322 e. The Balaban J connectivity index is 2.45. The number of nitro groups is 2. The fraction of sp³-hybridized carbons (Fsp3) is 0. The minimum atomic E-state index is -1.15. The molecule has 2 N–H and O–H groups in total. The van der Waals surface area contributed by atoms with Crippen molar-refractivity contribution in [2.45, 2.75) is 0 Å². The molecule has 2 aromatic rings. The molecule has 3 rings (SSSR count). The van der Waals surface area contributed by atoms with Gasteiger partial charge < -0.3 is 10.2 Å². The number of hydrogen-bond donors (Lipinski definition) is 2. The van der Waals surface area contributed by atoms with Gasteiger partial charge in [0.1, 0.15) is 16.9 Å². The van der Waals surface area contributed by atoms with Gasteiger partial charge in [-0.05, 0) is 18.2 Å². The molecular formula is C14H6N2O8. The van der Waals surface area contributed by atoms with Gasteiger partial charge in [-0.25, -0.2) is 0 Å². The molecule has 0 unspecified atom stereocenters. The van der Waals surface area contributed by atoms with Gasteiger partial charge >= 0.3 is 5.69 Å². The van der Waals surface area contributed by atoms with Crippen LogP contribution < -0.4 is 0 Å². The van der Waals surface area contributed by atoms with Crippen LogP contribution in [0.3, 0.4) is 0 Å². The number of carbonyl (C=O) groups excluding carboxylic acids is 2. The second-order valence-corrected chi connectivity index (χ2v) is 4.88. The zero-order chi connectivity index (χ0) is 17.8. The first-order valence-corrected chi connectivity index (χ1v) is 6.35. The first kappa shape index (κ1) is 15.1. The van der Waals surface area contributed by atoms with E-state index in [2.05, 4.69) is 0 Å². The van der Waals surface area contributed by atoms with Crippen LogP contribution in [0.5, 0.6) is 11.5 Å². The van der Waals surface area contributed by atoms with Gasteiger partial charge in [0.25, 0.3) is 5.69 Å². The van der Waals surface area contributed by atoms with Crippen LogP contribution in [0, 0.1) is 20.2 Å². The third-order valence-electron chi connectivity index (χ3n) is 3.62. The molecule has 0 saturated heterocycles. The van der Waals surface area contributed by atoms with Crippen molar-refractivity contribution in [3.8, 4) is 11.5 Å². The second kappa shape index (κ2) is 4.84. The van der Waals surface area contributed by atoms with Gasteiger partial charge in [0.2, 0.25) is 11.6 Å². The van der Waals surface area contributed by atoms with Crippen molar-refractivity contribution in [2.24, 2.45) is 0 Å². The standard InChI is InChI=1S/C14H6N2O8/c17-7-4-2-6(15(21)22)10-11(7)14(20)9-5(13(10)19)1-3-8(18)12(9)16(23)24/h1-4,17-18H. The van der Waals surface area contributed by atoms with Crippen molar-refractivity contribution in [3.63, 3.8) is 0 Å². The molecule has 0 amide bonds. The SMILES string of the molecule is O=C1c2ccc(O)c([N+](=O)[O-])c2C(=O)c2c(O)ccc([N+](=O)[O-])c21. The van der Waals surface area contributed by atoms with E-state index in [9.17, 15) is 40.0 Å². The number of phenols is 2. The highest BCUT2D eigenvalue weighted by molar-refractivity contribution is 6.32. The molecule has 0 fully saturated rings. The number of phenolic OH excluding ortho intramolecular Hbond substituents is 2. The quantitative estimate of drug-likeness (QED) is 0.530. The van der Waals surface area contributed by atoms with E-state index in [-0.39, 0.29) is 0 Å². The molecule has 0 atom stereocenters. The number of nitrogens with zero attached hydrogens (tertiary/aromatic N) is 2. The molecule has 0 aromatic heterocycles. The van der Waals surface area contributed by atoms with E-state index < -0.39 is 66.5 Å². The fourth-order valence-electron chi connectivity index (χ4n) is 2.64.